The summed E-state index contributed by atoms with van der Waals surface area (Å²) >= 11 is 0. The van der Waals surface area contributed by atoms with Crippen molar-refractivity contribution in [2.45, 2.75) is 25.7 Å². The van der Waals surface area contributed by atoms with Gasteiger partial charge in [-0.3, -0.25) is 0 Å². The Balaban J connectivity index is 1.60. The monoisotopic (exact) mass is 342 g/mol. The Hall–Kier alpha value is -1.85. The number of piperidine rings is 1. The maximum atomic E-state index is 13.1. The summed E-state index contributed by atoms with van der Waals surface area (Å²) in [7, 11) is 2.17. The van der Waals surface area contributed by atoms with E-state index in [-0.39, 0.29) is 5.82 Å². The zero-order chi connectivity index (χ0) is 17.6. The van der Waals surface area contributed by atoms with E-state index < -0.39 is 0 Å². The van der Waals surface area contributed by atoms with E-state index in [2.05, 4.69) is 28.8 Å². The lowest BCUT2D eigenvalue weighted by Crippen LogP contribution is -2.38. The summed E-state index contributed by atoms with van der Waals surface area (Å²) < 4.78 is 13.1. The number of halogens is 1. The fourth-order valence-corrected chi connectivity index (χ4v) is 3.24. The number of hydrogen-bond acceptors (Lipinski definition) is 4. The number of nitrogens with zero attached hydrogens (tertiary/aromatic N) is 4. The molecule has 25 heavy (non-hydrogen) atoms. The van der Waals surface area contributed by atoms with E-state index in [1.807, 2.05) is 12.3 Å². The minimum Gasteiger partial charge on any atom is -0.305 e. The molecule has 1 fully saturated rings. The van der Waals surface area contributed by atoms with E-state index in [4.69, 9.17) is 4.98 Å². The zero-order valence-corrected chi connectivity index (χ0v) is 15.2. The van der Waals surface area contributed by atoms with Gasteiger partial charge in [0.2, 0.25) is 0 Å². The predicted molar refractivity (Wildman–Crippen MR) is 99.0 cm³/mol. The molecule has 0 amide bonds. The van der Waals surface area contributed by atoms with Crippen LogP contribution < -0.4 is 0 Å². The molecule has 2 aromatic rings. The van der Waals surface area contributed by atoms with E-state index in [1.165, 1.54) is 12.1 Å². The minimum atomic E-state index is -0.223. The largest absolute Gasteiger partial charge is 0.305 e. The average molecular weight is 342 g/mol. The maximum Gasteiger partial charge on any atom is 0.132 e. The van der Waals surface area contributed by atoms with Crippen molar-refractivity contribution in [3.63, 3.8) is 0 Å². The van der Waals surface area contributed by atoms with Crippen molar-refractivity contribution in [2.24, 2.45) is 0 Å². The average Bonchev–Trinajstić information content (AvgIpc) is 2.67. The van der Waals surface area contributed by atoms with Crippen molar-refractivity contribution in [3.8, 4) is 11.3 Å². The minimum absolute atomic E-state index is 0.223. The third-order valence-electron chi connectivity index (χ3n) is 5.10. The van der Waals surface area contributed by atoms with Gasteiger partial charge in [0.05, 0.1) is 5.69 Å². The van der Waals surface area contributed by atoms with E-state index >= 15 is 0 Å². The van der Waals surface area contributed by atoms with Crippen LogP contribution in [0.1, 0.15) is 31.5 Å². The SMILES string of the molecule is CCN(C)CCN1CCC(c2nccc(-c3ccc(F)cc3)n2)CC1. The molecular formula is C20H27FN4. The second-order valence-electron chi connectivity index (χ2n) is 6.82. The highest BCUT2D eigenvalue weighted by molar-refractivity contribution is 5.58. The topological polar surface area (TPSA) is 32.3 Å². The Morgan fingerprint density at radius 1 is 1.16 bits per heavy atom. The highest BCUT2D eigenvalue weighted by atomic mass is 19.1. The quantitative estimate of drug-likeness (QED) is 0.805. The van der Waals surface area contributed by atoms with Gasteiger partial charge in [-0.2, -0.15) is 0 Å². The highest BCUT2D eigenvalue weighted by Crippen LogP contribution is 2.27. The summed E-state index contributed by atoms with van der Waals surface area (Å²) in [5, 5.41) is 0. The molecule has 0 atom stereocenters. The Bertz CT molecular complexity index is 666. The van der Waals surface area contributed by atoms with Gasteiger partial charge in [-0.1, -0.05) is 6.92 Å². The molecule has 0 bridgehead atoms. The Labute approximate surface area is 149 Å². The lowest BCUT2D eigenvalue weighted by atomic mass is 9.95. The van der Waals surface area contributed by atoms with Crippen LogP contribution in [-0.4, -0.2) is 59.5 Å². The molecule has 0 spiro atoms. The van der Waals surface area contributed by atoms with Crippen molar-refractivity contribution in [1.82, 2.24) is 19.8 Å². The van der Waals surface area contributed by atoms with Gasteiger partial charge in [0.25, 0.3) is 0 Å². The summed E-state index contributed by atoms with van der Waals surface area (Å²) in [6.07, 6.45) is 4.02. The van der Waals surface area contributed by atoms with Crippen LogP contribution in [0.5, 0.6) is 0 Å². The fraction of sp³-hybridized carbons (Fsp3) is 0.500. The summed E-state index contributed by atoms with van der Waals surface area (Å²) in [5.41, 5.74) is 1.81. The Morgan fingerprint density at radius 2 is 1.88 bits per heavy atom. The van der Waals surface area contributed by atoms with Crippen molar-refractivity contribution >= 4 is 0 Å². The first kappa shape index (κ1) is 18.0. The number of hydrogen-bond donors (Lipinski definition) is 0. The zero-order valence-electron chi connectivity index (χ0n) is 15.2. The van der Waals surface area contributed by atoms with Gasteiger partial charge >= 0.3 is 0 Å². The van der Waals surface area contributed by atoms with Gasteiger partial charge in [0.15, 0.2) is 0 Å². The maximum absolute atomic E-state index is 13.1. The van der Waals surface area contributed by atoms with E-state index in [9.17, 15) is 4.39 Å². The molecule has 1 aliphatic rings. The molecule has 0 aliphatic carbocycles. The smallest absolute Gasteiger partial charge is 0.132 e. The molecule has 134 valence electrons. The molecule has 3 rings (SSSR count). The van der Waals surface area contributed by atoms with Gasteiger partial charge in [-0.05, 0) is 69.9 Å². The Morgan fingerprint density at radius 3 is 2.56 bits per heavy atom. The first-order valence-electron chi connectivity index (χ1n) is 9.15. The van der Waals surface area contributed by atoms with E-state index in [0.717, 1.165) is 62.6 Å². The van der Waals surface area contributed by atoms with Crippen LogP contribution in [0.15, 0.2) is 36.5 Å². The summed E-state index contributed by atoms with van der Waals surface area (Å²) in [5.74, 6) is 1.12. The van der Waals surface area contributed by atoms with Crippen molar-refractivity contribution in [2.75, 3.05) is 39.8 Å². The summed E-state index contributed by atoms with van der Waals surface area (Å²) in [6.45, 7) is 7.75. The molecule has 1 saturated heterocycles. The summed E-state index contributed by atoms with van der Waals surface area (Å²) in [4.78, 5) is 14.1. The van der Waals surface area contributed by atoms with Crippen LogP contribution >= 0.6 is 0 Å². The van der Waals surface area contributed by atoms with Gasteiger partial charge in [-0.25, -0.2) is 14.4 Å². The predicted octanol–water partition coefficient (Wildman–Crippen LogP) is 3.41. The van der Waals surface area contributed by atoms with E-state index in [1.54, 1.807) is 12.1 Å². The molecule has 0 saturated carbocycles. The van der Waals surface area contributed by atoms with Gasteiger partial charge in [0.1, 0.15) is 11.6 Å². The van der Waals surface area contributed by atoms with Gasteiger partial charge in [-0.15, -0.1) is 0 Å². The number of likely N-dealkylation sites (N-methyl/N-ethyl adjacent to an activating group) is 1. The second kappa shape index (κ2) is 8.50. The van der Waals surface area contributed by atoms with Crippen LogP contribution in [0.4, 0.5) is 4.39 Å². The molecule has 2 heterocycles. The van der Waals surface area contributed by atoms with E-state index in [0.29, 0.717) is 5.92 Å². The normalized spacial score (nSPS) is 16.5. The molecule has 5 heteroatoms. The number of benzene rings is 1. The van der Waals surface area contributed by atoms with Crippen LogP contribution in [-0.2, 0) is 0 Å². The van der Waals surface area contributed by atoms with Crippen molar-refractivity contribution in [3.05, 3.63) is 48.2 Å². The molecular weight excluding hydrogens is 315 g/mol. The summed E-state index contributed by atoms with van der Waals surface area (Å²) in [6, 6.07) is 8.39. The van der Waals surface area contributed by atoms with Crippen LogP contribution in [0.2, 0.25) is 0 Å². The molecule has 1 aromatic heterocycles. The molecule has 0 N–H and O–H groups in total. The fourth-order valence-electron chi connectivity index (χ4n) is 3.24. The van der Waals surface area contributed by atoms with Crippen LogP contribution in [0.25, 0.3) is 11.3 Å². The van der Waals surface area contributed by atoms with Crippen LogP contribution in [0.3, 0.4) is 0 Å². The molecule has 0 unspecified atom stereocenters. The Kier molecular flexibility index (Phi) is 6.10. The van der Waals surface area contributed by atoms with Crippen LogP contribution in [0, 0.1) is 5.82 Å². The third kappa shape index (κ3) is 4.83. The van der Waals surface area contributed by atoms with Gasteiger partial charge in [0, 0.05) is 30.8 Å². The number of aromatic nitrogens is 2. The molecule has 4 nitrogen and oxygen atoms in total. The number of rotatable bonds is 6. The first-order valence-corrected chi connectivity index (χ1v) is 9.15. The second-order valence-corrected chi connectivity index (χ2v) is 6.82. The third-order valence-corrected chi connectivity index (χ3v) is 5.10. The lowest BCUT2D eigenvalue weighted by Gasteiger charge is -2.32. The molecule has 1 aliphatic heterocycles. The first-order chi connectivity index (χ1) is 12.2. The van der Waals surface area contributed by atoms with Gasteiger partial charge < -0.3 is 9.80 Å². The van der Waals surface area contributed by atoms with Crippen molar-refractivity contribution < 1.29 is 4.39 Å². The number of likely N-dealkylation sites (tertiary alicyclic amines) is 1. The standard InChI is InChI=1S/C20H27FN4/c1-3-24(2)14-15-25-12-9-17(10-13-25)20-22-11-8-19(23-20)16-4-6-18(21)7-5-16/h4-8,11,17H,3,9-10,12-15H2,1-2H3. The highest BCUT2D eigenvalue weighted by Gasteiger charge is 2.22. The van der Waals surface area contributed by atoms with Crippen molar-refractivity contribution in [1.29, 1.82) is 0 Å². The lowest BCUT2D eigenvalue weighted by molar-refractivity contribution is 0.185. The molecule has 1 aromatic carbocycles. The molecule has 0 radical (unpaired) electrons.